The van der Waals surface area contributed by atoms with Crippen molar-refractivity contribution in [1.29, 1.82) is 0 Å². The van der Waals surface area contributed by atoms with Crippen LogP contribution in [-0.2, 0) is 11.3 Å². The van der Waals surface area contributed by atoms with Gasteiger partial charge in [-0.25, -0.2) is 5.01 Å². The van der Waals surface area contributed by atoms with E-state index in [4.69, 9.17) is 4.99 Å². The van der Waals surface area contributed by atoms with E-state index in [1.807, 2.05) is 116 Å². The number of carbonyl (C=O) groups excluding carboxylic acids is 1. The highest BCUT2D eigenvalue weighted by atomic mass is 32.2. The lowest BCUT2D eigenvalue weighted by Gasteiger charge is -2.22. The smallest absolute Gasteiger partial charge is 0.272 e. The zero-order valence-corrected chi connectivity index (χ0v) is 18.7. The van der Waals surface area contributed by atoms with Gasteiger partial charge < -0.3 is 0 Å². The fourth-order valence-electron chi connectivity index (χ4n) is 3.37. The molecule has 1 saturated heterocycles. The number of carbonyl (C=O) groups is 1. The SMILES string of the molecule is C/C=C/C1SC(=NCc2ccccc2)NN1C(=O)/C(=C/c1ccccc1)c1ccccc1. The topological polar surface area (TPSA) is 44.7 Å². The van der Waals surface area contributed by atoms with Crippen LogP contribution in [0.25, 0.3) is 11.6 Å². The monoisotopic (exact) mass is 439 g/mol. The van der Waals surface area contributed by atoms with Crippen LogP contribution in [0.4, 0.5) is 0 Å². The van der Waals surface area contributed by atoms with Crippen molar-refractivity contribution in [3.63, 3.8) is 0 Å². The van der Waals surface area contributed by atoms with E-state index in [9.17, 15) is 4.79 Å². The Morgan fingerprint density at radius 3 is 2.25 bits per heavy atom. The van der Waals surface area contributed by atoms with Crippen molar-refractivity contribution < 1.29 is 4.79 Å². The zero-order valence-electron chi connectivity index (χ0n) is 17.9. The molecule has 32 heavy (non-hydrogen) atoms. The van der Waals surface area contributed by atoms with Gasteiger partial charge in [-0.05, 0) is 29.7 Å². The fourth-order valence-corrected chi connectivity index (χ4v) is 4.38. The molecule has 0 saturated carbocycles. The van der Waals surface area contributed by atoms with Crippen molar-refractivity contribution in [3.8, 4) is 0 Å². The van der Waals surface area contributed by atoms with Crippen LogP contribution < -0.4 is 5.43 Å². The number of thioether (sulfide) groups is 1. The molecule has 1 atom stereocenters. The van der Waals surface area contributed by atoms with Gasteiger partial charge >= 0.3 is 0 Å². The summed E-state index contributed by atoms with van der Waals surface area (Å²) in [4.78, 5) is 18.4. The highest BCUT2D eigenvalue weighted by Gasteiger charge is 2.33. The van der Waals surface area contributed by atoms with Crippen LogP contribution in [-0.4, -0.2) is 21.5 Å². The first kappa shape index (κ1) is 21.7. The van der Waals surface area contributed by atoms with Crippen molar-refractivity contribution in [1.82, 2.24) is 10.4 Å². The normalized spacial score (nSPS) is 17.7. The predicted octanol–water partition coefficient (Wildman–Crippen LogP) is 5.77. The number of aliphatic imine (C=N–C) groups is 1. The standard InChI is InChI=1S/C27H25N3OS/c1-2-12-25-30(29-27(32-25)28-20-22-15-8-4-9-16-22)26(31)24(23-17-10-5-11-18-23)19-21-13-6-3-7-14-21/h2-19,25H,20H2,1H3,(H,28,29)/b12-2+,24-19+. The van der Waals surface area contributed by atoms with Gasteiger partial charge in [-0.3, -0.25) is 15.2 Å². The van der Waals surface area contributed by atoms with Gasteiger partial charge in [-0.1, -0.05) is 115 Å². The van der Waals surface area contributed by atoms with Gasteiger partial charge in [-0.15, -0.1) is 0 Å². The Morgan fingerprint density at radius 1 is 0.969 bits per heavy atom. The maximum Gasteiger partial charge on any atom is 0.274 e. The summed E-state index contributed by atoms with van der Waals surface area (Å²) in [5.41, 5.74) is 6.85. The number of rotatable bonds is 6. The van der Waals surface area contributed by atoms with Crippen LogP contribution >= 0.6 is 11.8 Å². The van der Waals surface area contributed by atoms with Crippen molar-refractivity contribution in [2.75, 3.05) is 0 Å². The molecule has 3 aromatic carbocycles. The number of hydrazine groups is 1. The summed E-state index contributed by atoms with van der Waals surface area (Å²) in [5.74, 6) is -0.0967. The predicted molar refractivity (Wildman–Crippen MR) is 135 cm³/mol. The average Bonchev–Trinajstić information content (AvgIpc) is 3.26. The average molecular weight is 440 g/mol. The largest absolute Gasteiger partial charge is 0.274 e. The Morgan fingerprint density at radius 2 is 1.59 bits per heavy atom. The number of amidine groups is 1. The number of hydrogen-bond donors (Lipinski definition) is 1. The highest BCUT2D eigenvalue weighted by Crippen LogP contribution is 2.29. The van der Waals surface area contributed by atoms with Gasteiger partial charge in [0, 0.05) is 5.57 Å². The summed E-state index contributed by atoms with van der Waals surface area (Å²) in [7, 11) is 0. The lowest BCUT2D eigenvalue weighted by molar-refractivity contribution is -0.126. The van der Waals surface area contributed by atoms with Gasteiger partial charge in [0.2, 0.25) is 0 Å². The molecule has 1 fully saturated rings. The summed E-state index contributed by atoms with van der Waals surface area (Å²) >= 11 is 1.54. The Balaban J connectivity index is 1.63. The Bertz CT molecular complexity index is 1130. The molecule has 4 nitrogen and oxygen atoms in total. The van der Waals surface area contributed by atoms with Gasteiger partial charge in [0.15, 0.2) is 5.17 Å². The molecule has 1 unspecified atom stereocenters. The summed E-state index contributed by atoms with van der Waals surface area (Å²) in [5, 5.41) is 2.22. The lowest BCUT2D eigenvalue weighted by atomic mass is 10.0. The molecular formula is C27H25N3OS. The first-order chi connectivity index (χ1) is 15.7. The Labute approximate surface area is 193 Å². The molecule has 1 N–H and O–H groups in total. The number of hydrogen-bond acceptors (Lipinski definition) is 3. The van der Waals surface area contributed by atoms with Crippen LogP contribution in [0.3, 0.4) is 0 Å². The second-order valence-corrected chi connectivity index (χ2v) is 8.37. The number of nitrogens with zero attached hydrogens (tertiary/aromatic N) is 2. The summed E-state index contributed by atoms with van der Waals surface area (Å²) in [6.07, 6.45) is 5.91. The molecule has 1 aliphatic rings. The van der Waals surface area contributed by atoms with E-state index in [1.54, 1.807) is 5.01 Å². The highest BCUT2D eigenvalue weighted by molar-refractivity contribution is 8.14. The van der Waals surface area contributed by atoms with Crippen LogP contribution in [0, 0.1) is 0 Å². The van der Waals surface area contributed by atoms with E-state index in [0.29, 0.717) is 12.1 Å². The van der Waals surface area contributed by atoms with Crippen LogP contribution in [0.15, 0.2) is 108 Å². The van der Waals surface area contributed by atoms with Crippen LogP contribution in [0.2, 0.25) is 0 Å². The molecule has 1 amide bonds. The van der Waals surface area contributed by atoms with Crippen molar-refractivity contribution >= 4 is 34.5 Å². The molecule has 3 aromatic rings. The third kappa shape index (κ3) is 5.37. The van der Waals surface area contributed by atoms with Crippen molar-refractivity contribution in [2.45, 2.75) is 18.8 Å². The van der Waals surface area contributed by atoms with E-state index < -0.39 is 0 Å². The van der Waals surface area contributed by atoms with Crippen molar-refractivity contribution in [2.24, 2.45) is 4.99 Å². The summed E-state index contributed by atoms with van der Waals surface area (Å²) < 4.78 is 0. The molecule has 5 heteroatoms. The summed E-state index contributed by atoms with van der Waals surface area (Å²) in [6, 6.07) is 29.8. The minimum absolute atomic E-state index is 0.0967. The van der Waals surface area contributed by atoms with Crippen molar-refractivity contribution in [3.05, 3.63) is 120 Å². The van der Waals surface area contributed by atoms with E-state index >= 15 is 0 Å². The van der Waals surface area contributed by atoms with E-state index in [0.717, 1.165) is 21.9 Å². The molecule has 1 heterocycles. The molecular weight excluding hydrogens is 414 g/mol. The fraction of sp³-hybridized carbons (Fsp3) is 0.111. The number of benzene rings is 3. The molecule has 4 rings (SSSR count). The van der Waals surface area contributed by atoms with Gasteiger partial charge in [0.25, 0.3) is 5.91 Å². The van der Waals surface area contributed by atoms with E-state index in [2.05, 4.69) is 5.43 Å². The van der Waals surface area contributed by atoms with Crippen LogP contribution in [0.5, 0.6) is 0 Å². The molecule has 160 valence electrons. The van der Waals surface area contributed by atoms with Crippen LogP contribution in [0.1, 0.15) is 23.6 Å². The summed E-state index contributed by atoms with van der Waals surface area (Å²) in [6.45, 7) is 2.52. The Hall–Kier alpha value is -3.57. The third-order valence-electron chi connectivity index (χ3n) is 4.95. The lowest BCUT2D eigenvalue weighted by Crippen LogP contribution is -2.43. The first-order valence-electron chi connectivity index (χ1n) is 10.5. The number of amides is 1. The minimum Gasteiger partial charge on any atom is -0.272 e. The maximum atomic E-state index is 13.7. The zero-order chi connectivity index (χ0) is 22.2. The second kappa shape index (κ2) is 10.6. The van der Waals surface area contributed by atoms with E-state index in [1.165, 1.54) is 11.8 Å². The Kier molecular flexibility index (Phi) is 7.20. The second-order valence-electron chi connectivity index (χ2n) is 7.26. The molecule has 0 bridgehead atoms. The third-order valence-corrected chi connectivity index (χ3v) is 6.01. The number of nitrogens with one attached hydrogen (secondary N) is 1. The number of allylic oxidation sites excluding steroid dienone is 1. The molecule has 0 radical (unpaired) electrons. The molecule has 0 aliphatic carbocycles. The maximum absolute atomic E-state index is 13.7. The van der Waals surface area contributed by atoms with Gasteiger partial charge in [0.05, 0.1) is 6.54 Å². The molecule has 0 aromatic heterocycles. The van der Waals surface area contributed by atoms with E-state index in [-0.39, 0.29) is 11.3 Å². The minimum atomic E-state index is -0.176. The molecule has 0 spiro atoms. The van der Waals surface area contributed by atoms with Gasteiger partial charge in [-0.2, -0.15) is 0 Å². The quantitative estimate of drug-likeness (QED) is 0.301. The van der Waals surface area contributed by atoms with Gasteiger partial charge in [0.1, 0.15) is 5.37 Å². The molecule has 1 aliphatic heterocycles. The first-order valence-corrected chi connectivity index (χ1v) is 11.4.